The van der Waals surface area contributed by atoms with Crippen molar-refractivity contribution in [1.82, 2.24) is 10.6 Å². The number of nitro benzene ring substituents is 1. The fourth-order valence-electron chi connectivity index (χ4n) is 1.58. The highest BCUT2D eigenvalue weighted by Gasteiger charge is 2.14. The number of benzene rings is 1. The van der Waals surface area contributed by atoms with Gasteiger partial charge in [-0.1, -0.05) is 0 Å². The number of nitro groups is 1. The summed E-state index contributed by atoms with van der Waals surface area (Å²) >= 11 is 0. The van der Waals surface area contributed by atoms with Crippen LogP contribution in [0.15, 0.2) is 30.0 Å². The standard InChI is InChI=1S/C14H13N5O5/c1-8-5-11(19(23)24)3-4-12(8)16-7-10(6-15)13(21)18-14(22)17-9(2)20/h3-5,7,16H,1-2H3,(H2,17,18,20,21,22)/b10-7-. The fraction of sp³-hybridized carbons (Fsp3) is 0.143. The molecule has 0 aliphatic carbocycles. The second-order valence-electron chi connectivity index (χ2n) is 4.53. The molecule has 1 aromatic rings. The number of nitrogens with zero attached hydrogens (tertiary/aromatic N) is 2. The largest absolute Gasteiger partial charge is 0.360 e. The minimum absolute atomic E-state index is 0.0961. The summed E-state index contributed by atoms with van der Waals surface area (Å²) in [4.78, 5) is 43.7. The molecule has 1 aromatic carbocycles. The maximum Gasteiger partial charge on any atom is 0.328 e. The van der Waals surface area contributed by atoms with Crippen molar-refractivity contribution in [3.8, 4) is 6.07 Å². The van der Waals surface area contributed by atoms with Crippen LogP contribution in [0, 0.1) is 28.4 Å². The summed E-state index contributed by atoms with van der Waals surface area (Å²) in [5.74, 6) is -1.68. The minimum Gasteiger partial charge on any atom is -0.360 e. The van der Waals surface area contributed by atoms with Gasteiger partial charge in [0.2, 0.25) is 5.91 Å². The fourth-order valence-corrected chi connectivity index (χ4v) is 1.58. The Hall–Kier alpha value is -3.74. The van der Waals surface area contributed by atoms with Crippen molar-refractivity contribution in [2.45, 2.75) is 13.8 Å². The van der Waals surface area contributed by atoms with Gasteiger partial charge in [0, 0.05) is 30.9 Å². The minimum atomic E-state index is -1.06. The lowest BCUT2D eigenvalue weighted by atomic mass is 10.2. The first-order valence-corrected chi connectivity index (χ1v) is 6.49. The number of nitriles is 1. The maximum atomic E-state index is 11.7. The second kappa shape index (κ2) is 8.04. The van der Waals surface area contributed by atoms with E-state index in [0.717, 1.165) is 13.1 Å². The molecule has 4 amide bonds. The lowest BCUT2D eigenvalue weighted by Gasteiger charge is -2.06. The van der Waals surface area contributed by atoms with Crippen molar-refractivity contribution in [1.29, 1.82) is 5.26 Å². The van der Waals surface area contributed by atoms with Crippen LogP contribution in [-0.4, -0.2) is 22.8 Å². The molecule has 0 heterocycles. The van der Waals surface area contributed by atoms with Gasteiger partial charge in [0.05, 0.1) is 4.92 Å². The third kappa shape index (κ3) is 5.23. The van der Waals surface area contributed by atoms with Crippen molar-refractivity contribution in [3.63, 3.8) is 0 Å². The first-order chi connectivity index (χ1) is 11.2. The average molecular weight is 331 g/mol. The van der Waals surface area contributed by atoms with Crippen LogP contribution < -0.4 is 16.0 Å². The topological polar surface area (TPSA) is 154 Å². The van der Waals surface area contributed by atoms with Crippen molar-refractivity contribution in [2.75, 3.05) is 5.32 Å². The highest BCUT2D eigenvalue weighted by Crippen LogP contribution is 2.21. The van der Waals surface area contributed by atoms with Gasteiger partial charge in [-0.25, -0.2) is 4.79 Å². The molecule has 124 valence electrons. The molecule has 0 unspecified atom stereocenters. The predicted octanol–water partition coefficient (Wildman–Crippen LogP) is 1.09. The number of amides is 4. The third-order valence-electron chi connectivity index (χ3n) is 2.67. The predicted molar refractivity (Wildman–Crippen MR) is 82.5 cm³/mol. The molecule has 0 aromatic heterocycles. The molecular weight excluding hydrogens is 318 g/mol. The summed E-state index contributed by atoms with van der Waals surface area (Å²) < 4.78 is 0. The monoisotopic (exact) mass is 331 g/mol. The van der Waals surface area contributed by atoms with Crippen LogP contribution in [-0.2, 0) is 9.59 Å². The van der Waals surface area contributed by atoms with E-state index in [1.165, 1.54) is 18.2 Å². The summed E-state index contributed by atoms with van der Waals surface area (Å²) in [6.07, 6.45) is 1.05. The van der Waals surface area contributed by atoms with E-state index in [9.17, 15) is 24.5 Å². The number of aryl methyl sites for hydroxylation is 1. The van der Waals surface area contributed by atoms with Gasteiger partial charge in [-0.15, -0.1) is 0 Å². The zero-order valence-corrected chi connectivity index (χ0v) is 12.7. The van der Waals surface area contributed by atoms with E-state index in [2.05, 4.69) is 5.32 Å². The van der Waals surface area contributed by atoms with Crippen molar-refractivity contribution in [3.05, 3.63) is 45.6 Å². The van der Waals surface area contributed by atoms with Gasteiger partial charge in [-0.05, 0) is 18.6 Å². The van der Waals surface area contributed by atoms with Gasteiger partial charge < -0.3 is 5.32 Å². The van der Waals surface area contributed by atoms with Crippen molar-refractivity contribution < 1.29 is 19.3 Å². The average Bonchev–Trinajstić information content (AvgIpc) is 2.47. The quantitative estimate of drug-likeness (QED) is 0.323. The molecule has 0 fully saturated rings. The molecule has 1 rings (SSSR count). The van der Waals surface area contributed by atoms with Crippen LogP contribution in [0.2, 0.25) is 0 Å². The lowest BCUT2D eigenvalue weighted by molar-refractivity contribution is -0.384. The van der Waals surface area contributed by atoms with Crippen LogP contribution in [0.3, 0.4) is 0 Å². The van der Waals surface area contributed by atoms with Crippen LogP contribution in [0.4, 0.5) is 16.2 Å². The molecule has 10 nitrogen and oxygen atoms in total. The van der Waals surface area contributed by atoms with E-state index in [1.54, 1.807) is 13.0 Å². The van der Waals surface area contributed by atoms with E-state index in [0.29, 0.717) is 11.3 Å². The zero-order valence-electron chi connectivity index (χ0n) is 12.7. The number of rotatable bonds is 4. The summed E-state index contributed by atoms with van der Waals surface area (Å²) in [5.41, 5.74) is 0.439. The highest BCUT2D eigenvalue weighted by atomic mass is 16.6. The molecule has 10 heteroatoms. The molecule has 0 saturated heterocycles. The Balaban J connectivity index is 2.85. The lowest BCUT2D eigenvalue weighted by Crippen LogP contribution is -2.42. The summed E-state index contributed by atoms with van der Waals surface area (Å²) in [5, 5.41) is 25.9. The van der Waals surface area contributed by atoms with Crippen LogP contribution in [0.5, 0.6) is 0 Å². The smallest absolute Gasteiger partial charge is 0.328 e. The van der Waals surface area contributed by atoms with Crippen LogP contribution in [0.25, 0.3) is 0 Å². The second-order valence-corrected chi connectivity index (χ2v) is 4.53. The first kappa shape index (κ1) is 18.3. The van der Waals surface area contributed by atoms with Gasteiger partial charge >= 0.3 is 6.03 Å². The first-order valence-electron chi connectivity index (χ1n) is 6.49. The molecule has 24 heavy (non-hydrogen) atoms. The molecular formula is C14H13N5O5. The van der Waals surface area contributed by atoms with Gasteiger partial charge in [-0.2, -0.15) is 5.26 Å². The molecule has 0 atom stereocenters. The van der Waals surface area contributed by atoms with Gasteiger partial charge in [0.15, 0.2) is 0 Å². The Bertz CT molecular complexity index is 778. The summed E-state index contributed by atoms with van der Waals surface area (Å²) in [6, 6.07) is 4.54. The number of nitrogens with one attached hydrogen (secondary N) is 3. The summed E-state index contributed by atoms with van der Waals surface area (Å²) in [6.45, 7) is 2.69. The number of hydrogen-bond donors (Lipinski definition) is 3. The Morgan fingerprint density at radius 2 is 1.96 bits per heavy atom. The molecule has 0 aliphatic heterocycles. The summed E-state index contributed by atoms with van der Waals surface area (Å²) in [7, 11) is 0. The van der Waals surface area contributed by atoms with E-state index >= 15 is 0 Å². The van der Waals surface area contributed by atoms with E-state index < -0.39 is 28.3 Å². The number of non-ortho nitro benzene ring substituents is 1. The van der Waals surface area contributed by atoms with E-state index in [1.807, 2.05) is 10.6 Å². The van der Waals surface area contributed by atoms with Crippen molar-refractivity contribution >= 4 is 29.2 Å². The van der Waals surface area contributed by atoms with Gasteiger partial charge in [-0.3, -0.25) is 30.3 Å². The molecule has 3 N–H and O–H groups in total. The number of anilines is 1. The zero-order chi connectivity index (χ0) is 18.3. The number of carbonyl (C=O) groups is 3. The number of hydrogen-bond acceptors (Lipinski definition) is 7. The van der Waals surface area contributed by atoms with Crippen LogP contribution >= 0.6 is 0 Å². The normalized spacial score (nSPS) is 10.3. The molecule has 0 spiro atoms. The van der Waals surface area contributed by atoms with Crippen molar-refractivity contribution in [2.24, 2.45) is 0 Å². The van der Waals surface area contributed by atoms with Gasteiger partial charge in [0.1, 0.15) is 11.6 Å². The Morgan fingerprint density at radius 1 is 1.29 bits per heavy atom. The molecule has 0 saturated carbocycles. The van der Waals surface area contributed by atoms with Crippen LogP contribution in [0.1, 0.15) is 12.5 Å². The van der Waals surface area contributed by atoms with E-state index in [4.69, 9.17) is 5.26 Å². The number of urea groups is 1. The van der Waals surface area contributed by atoms with Gasteiger partial charge in [0.25, 0.3) is 11.6 Å². The Morgan fingerprint density at radius 3 is 2.46 bits per heavy atom. The number of carbonyl (C=O) groups excluding carboxylic acids is 3. The molecule has 0 bridgehead atoms. The number of imide groups is 2. The molecule has 0 aliphatic rings. The Kier molecular flexibility index (Phi) is 6.13. The third-order valence-corrected chi connectivity index (χ3v) is 2.67. The van der Waals surface area contributed by atoms with E-state index in [-0.39, 0.29) is 5.69 Å². The Labute approximate surface area is 136 Å². The SMILES string of the molecule is CC(=O)NC(=O)NC(=O)/C(C#N)=C\Nc1ccc([N+](=O)[O-])cc1C. The highest BCUT2D eigenvalue weighted by molar-refractivity contribution is 6.09. The maximum absolute atomic E-state index is 11.7. The molecule has 0 radical (unpaired) electrons.